The Morgan fingerprint density at radius 2 is 2.00 bits per heavy atom. The van der Waals surface area contributed by atoms with E-state index in [4.69, 9.17) is 0 Å². The third-order valence-corrected chi connectivity index (χ3v) is 6.06. The van der Waals surface area contributed by atoms with Crippen LogP contribution in [0.2, 0.25) is 0 Å². The Labute approximate surface area is 137 Å². The number of sulfonamides is 1. The summed E-state index contributed by atoms with van der Waals surface area (Å²) in [5.74, 6) is 1.33. The molecule has 1 N–H and O–H groups in total. The first-order chi connectivity index (χ1) is 11.0. The van der Waals surface area contributed by atoms with Crippen LogP contribution in [0.3, 0.4) is 0 Å². The lowest BCUT2D eigenvalue weighted by Gasteiger charge is -2.05. The fourth-order valence-electron chi connectivity index (χ4n) is 2.30. The summed E-state index contributed by atoms with van der Waals surface area (Å²) in [7, 11) is -3.54. The molecule has 3 aromatic rings. The molecule has 23 heavy (non-hydrogen) atoms. The molecule has 0 atom stereocenters. The van der Waals surface area contributed by atoms with Crippen LogP contribution >= 0.6 is 11.3 Å². The van der Waals surface area contributed by atoms with E-state index in [-0.39, 0.29) is 11.4 Å². The Kier molecular flexibility index (Phi) is 3.43. The smallest absolute Gasteiger partial charge is 0.207 e. The van der Waals surface area contributed by atoms with Crippen LogP contribution in [-0.4, -0.2) is 28.2 Å². The number of hydrogen-bond acceptors (Lipinski definition) is 6. The lowest BCUT2D eigenvalue weighted by molar-refractivity contribution is 0.580. The topological polar surface area (TPSA) is 89.2 Å². The van der Waals surface area contributed by atoms with Gasteiger partial charge in [0.15, 0.2) is 5.82 Å². The highest BCUT2D eigenvalue weighted by Gasteiger charge is 2.30. The number of aromatic nitrogens is 4. The maximum atomic E-state index is 12.3. The Morgan fingerprint density at radius 3 is 2.70 bits per heavy atom. The molecule has 0 spiro atoms. The van der Waals surface area contributed by atoms with Gasteiger partial charge in [0.05, 0.1) is 11.4 Å². The molecule has 0 bridgehead atoms. The molecule has 1 aliphatic carbocycles. The second-order valence-electron chi connectivity index (χ2n) is 5.66. The van der Waals surface area contributed by atoms with E-state index in [1.807, 2.05) is 6.92 Å². The minimum atomic E-state index is -3.54. The van der Waals surface area contributed by atoms with Crippen molar-refractivity contribution in [2.45, 2.75) is 37.1 Å². The van der Waals surface area contributed by atoms with Crippen LogP contribution in [0.25, 0.3) is 4.96 Å². The molecule has 1 fully saturated rings. The van der Waals surface area contributed by atoms with Gasteiger partial charge in [-0.3, -0.25) is 0 Å². The van der Waals surface area contributed by atoms with Gasteiger partial charge in [0.1, 0.15) is 5.01 Å². The average Bonchev–Trinajstić information content (AvgIpc) is 3.16. The normalized spacial score (nSPS) is 15.3. The molecule has 2 heterocycles. The second kappa shape index (κ2) is 5.36. The summed E-state index contributed by atoms with van der Waals surface area (Å²) in [6, 6.07) is 6.75. The van der Waals surface area contributed by atoms with Crippen molar-refractivity contribution in [2.24, 2.45) is 0 Å². The SMILES string of the molecule is Cc1ccc(S(=O)(=O)NCc2nn3c(C4CC4)nnc3s2)cc1. The van der Waals surface area contributed by atoms with Crippen molar-refractivity contribution in [1.82, 2.24) is 24.5 Å². The third-order valence-electron chi connectivity index (χ3n) is 3.74. The molecule has 0 saturated heterocycles. The molecule has 0 amide bonds. The number of benzene rings is 1. The summed E-state index contributed by atoms with van der Waals surface area (Å²) >= 11 is 1.35. The highest BCUT2D eigenvalue weighted by Crippen LogP contribution is 2.39. The van der Waals surface area contributed by atoms with Crippen molar-refractivity contribution in [1.29, 1.82) is 0 Å². The van der Waals surface area contributed by atoms with Gasteiger partial charge < -0.3 is 0 Å². The minimum absolute atomic E-state index is 0.147. The van der Waals surface area contributed by atoms with E-state index in [1.54, 1.807) is 28.8 Å². The first-order valence-corrected chi connectivity index (χ1v) is 9.60. The van der Waals surface area contributed by atoms with Gasteiger partial charge in [-0.25, -0.2) is 13.1 Å². The van der Waals surface area contributed by atoms with Gasteiger partial charge in [0, 0.05) is 5.92 Å². The first kappa shape index (κ1) is 14.7. The largest absolute Gasteiger partial charge is 0.240 e. The molecule has 1 saturated carbocycles. The lowest BCUT2D eigenvalue weighted by atomic mass is 10.2. The lowest BCUT2D eigenvalue weighted by Crippen LogP contribution is -2.23. The van der Waals surface area contributed by atoms with Crippen LogP contribution in [0, 0.1) is 6.92 Å². The number of hydrogen-bond donors (Lipinski definition) is 1. The highest BCUT2D eigenvalue weighted by molar-refractivity contribution is 7.89. The van der Waals surface area contributed by atoms with E-state index in [9.17, 15) is 8.42 Å². The van der Waals surface area contributed by atoms with E-state index in [2.05, 4.69) is 20.0 Å². The third kappa shape index (κ3) is 2.87. The number of rotatable bonds is 5. The summed E-state index contributed by atoms with van der Waals surface area (Å²) in [5, 5.41) is 13.4. The monoisotopic (exact) mass is 349 g/mol. The maximum absolute atomic E-state index is 12.3. The molecule has 0 radical (unpaired) electrons. The van der Waals surface area contributed by atoms with Crippen molar-refractivity contribution in [3.8, 4) is 0 Å². The molecular formula is C14H15N5O2S2. The van der Waals surface area contributed by atoms with E-state index < -0.39 is 10.0 Å². The van der Waals surface area contributed by atoms with Crippen LogP contribution in [0.15, 0.2) is 29.2 Å². The second-order valence-corrected chi connectivity index (χ2v) is 8.47. The number of nitrogens with one attached hydrogen (secondary N) is 1. The molecular weight excluding hydrogens is 334 g/mol. The van der Waals surface area contributed by atoms with E-state index in [1.165, 1.54) is 11.3 Å². The Morgan fingerprint density at radius 1 is 1.26 bits per heavy atom. The summed E-state index contributed by atoms with van der Waals surface area (Å²) in [6.07, 6.45) is 2.24. The first-order valence-electron chi connectivity index (χ1n) is 7.30. The molecule has 0 unspecified atom stereocenters. The molecule has 1 aromatic carbocycles. The van der Waals surface area contributed by atoms with Crippen molar-refractivity contribution >= 4 is 26.3 Å². The zero-order chi connectivity index (χ0) is 16.0. The van der Waals surface area contributed by atoms with Crippen LogP contribution in [0.5, 0.6) is 0 Å². The van der Waals surface area contributed by atoms with Gasteiger partial charge in [0.2, 0.25) is 15.0 Å². The maximum Gasteiger partial charge on any atom is 0.240 e. The Balaban J connectivity index is 1.53. The zero-order valence-electron chi connectivity index (χ0n) is 12.4. The van der Waals surface area contributed by atoms with Crippen LogP contribution in [-0.2, 0) is 16.6 Å². The zero-order valence-corrected chi connectivity index (χ0v) is 14.1. The highest BCUT2D eigenvalue weighted by atomic mass is 32.2. The Bertz CT molecular complexity index is 955. The number of aryl methyl sites for hydroxylation is 1. The van der Waals surface area contributed by atoms with Crippen molar-refractivity contribution in [3.63, 3.8) is 0 Å². The van der Waals surface area contributed by atoms with Crippen molar-refractivity contribution in [2.75, 3.05) is 0 Å². The van der Waals surface area contributed by atoms with Crippen molar-refractivity contribution in [3.05, 3.63) is 40.7 Å². The fraction of sp³-hybridized carbons (Fsp3) is 0.357. The molecule has 0 aliphatic heterocycles. The minimum Gasteiger partial charge on any atom is -0.207 e. The fourth-order valence-corrected chi connectivity index (χ4v) is 4.16. The average molecular weight is 349 g/mol. The van der Waals surface area contributed by atoms with Gasteiger partial charge >= 0.3 is 0 Å². The summed E-state index contributed by atoms with van der Waals surface area (Å²) < 4.78 is 28.9. The quantitative estimate of drug-likeness (QED) is 0.759. The molecule has 9 heteroatoms. The van der Waals surface area contributed by atoms with Gasteiger partial charge in [0.25, 0.3) is 0 Å². The molecule has 120 valence electrons. The predicted molar refractivity (Wildman–Crippen MR) is 85.8 cm³/mol. The van der Waals surface area contributed by atoms with E-state index in [0.717, 1.165) is 24.2 Å². The number of nitrogens with zero attached hydrogens (tertiary/aromatic N) is 4. The van der Waals surface area contributed by atoms with Crippen molar-refractivity contribution < 1.29 is 8.42 Å². The number of fused-ring (bicyclic) bond motifs is 1. The predicted octanol–water partition coefficient (Wildman–Crippen LogP) is 1.85. The molecule has 4 rings (SSSR count). The van der Waals surface area contributed by atoms with E-state index >= 15 is 0 Å². The molecule has 7 nitrogen and oxygen atoms in total. The van der Waals surface area contributed by atoms with Crippen LogP contribution in [0.1, 0.15) is 35.2 Å². The van der Waals surface area contributed by atoms with Gasteiger partial charge in [-0.1, -0.05) is 29.0 Å². The van der Waals surface area contributed by atoms with Crippen LogP contribution < -0.4 is 4.72 Å². The van der Waals surface area contributed by atoms with Gasteiger partial charge in [-0.15, -0.1) is 10.2 Å². The summed E-state index contributed by atoms with van der Waals surface area (Å²) in [4.78, 5) is 0.959. The summed E-state index contributed by atoms with van der Waals surface area (Å²) in [5.41, 5.74) is 1.02. The van der Waals surface area contributed by atoms with E-state index in [0.29, 0.717) is 15.9 Å². The molecule has 2 aromatic heterocycles. The van der Waals surface area contributed by atoms with Crippen LogP contribution in [0.4, 0.5) is 0 Å². The Hall–Kier alpha value is -1.84. The standard InChI is InChI=1S/C14H15N5O2S2/c1-9-2-6-11(7-3-9)23(20,21)15-8-12-18-19-13(10-4-5-10)16-17-14(19)22-12/h2-3,6-7,10,15H,4-5,8H2,1H3. The van der Waals surface area contributed by atoms with Gasteiger partial charge in [-0.2, -0.15) is 9.61 Å². The summed E-state index contributed by atoms with van der Waals surface area (Å²) in [6.45, 7) is 2.06. The van der Waals surface area contributed by atoms with Gasteiger partial charge in [-0.05, 0) is 31.9 Å². The molecule has 1 aliphatic rings.